The average molecular weight is 368 g/mol. The van der Waals surface area contributed by atoms with Gasteiger partial charge in [-0.3, -0.25) is 9.89 Å². The van der Waals surface area contributed by atoms with Crippen LogP contribution in [-0.2, 0) is 6.42 Å². The first-order valence-corrected chi connectivity index (χ1v) is 8.87. The van der Waals surface area contributed by atoms with Crippen molar-refractivity contribution in [3.05, 3.63) is 70.9 Å². The van der Waals surface area contributed by atoms with Gasteiger partial charge in [-0.1, -0.05) is 48.0 Å². The Kier molecular flexibility index (Phi) is 4.63. The summed E-state index contributed by atoms with van der Waals surface area (Å²) in [7, 11) is 0. The molecule has 0 bridgehead atoms. The monoisotopic (exact) mass is 367 g/mol. The van der Waals surface area contributed by atoms with Crippen LogP contribution in [0.1, 0.15) is 16.1 Å². The van der Waals surface area contributed by atoms with Gasteiger partial charge >= 0.3 is 0 Å². The van der Waals surface area contributed by atoms with E-state index in [0.717, 1.165) is 17.7 Å². The second-order valence-electron chi connectivity index (χ2n) is 6.35. The number of fused-ring (bicyclic) bond motifs is 1. The molecule has 0 aliphatic carbocycles. The summed E-state index contributed by atoms with van der Waals surface area (Å²) in [6.45, 7) is 1.15. The molecule has 26 heavy (non-hydrogen) atoms. The number of ether oxygens (including phenoxy) is 1. The second-order valence-corrected chi connectivity index (χ2v) is 6.75. The first kappa shape index (κ1) is 16.7. The van der Waals surface area contributed by atoms with Gasteiger partial charge in [0.25, 0.3) is 5.91 Å². The number of benzene rings is 2. The van der Waals surface area contributed by atoms with Crippen molar-refractivity contribution in [1.29, 1.82) is 0 Å². The fraction of sp³-hybridized carbons (Fsp3) is 0.200. The summed E-state index contributed by atoms with van der Waals surface area (Å²) in [4.78, 5) is 12.4. The molecule has 3 aromatic rings. The van der Waals surface area contributed by atoms with Crippen LogP contribution in [-0.4, -0.2) is 29.3 Å². The summed E-state index contributed by atoms with van der Waals surface area (Å²) in [5.41, 5.74) is 3.04. The Bertz CT molecular complexity index is 938. The Morgan fingerprint density at radius 2 is 2.04 bits per heavy atom. The SMILES string of the molecule is O=C(NCC1COc2ccccc2C1)c1cc(-c2ccccc2Cl)n[nH]1. The lowest BCUT2D eigenvalue weighted by atomic mass is 9.97. The largest absolute Gasteiger partial charge is 0.493 e. The number of carbonyl (C=O) groups is 1. The number of carbonyl (C=O) groups excluding carboxylic acids is 1. The molecule has 0 saturated heterocycles. The lowest BCUT2D eigenvalue weighted by molar-refractivity contribution is 0.0934. The molecule has 0 spiro atoms. The number of aromatic amines is 1. The van der Waals surface area contributed by atoms with Crippen molar-refractivity contribution in [2.24, 2.45) is 5.92 Å². The zero-order chi connectivity index (χ0) is 17.9. The van der Waals surface area contributed by atoms with Crippen molar-refractivity contribution >= 4 is 17.5 Å². The lowest BCUT2D eigenvalue weighted by Gasteiger charge is -2.25. The smallest absolute Gasteiger partial charge is 0.269 e. The highest BCUT2D eigenvalue weighted by Crippen LogP contribution is 2.27. The molecule has 1 unspecified atom stereocenters. The number of hydrogen-bond acceptors (Lipinski definition) is 3. The molecular formula is C20H18ClN3O2. The van der Waals surface area contributed by atoms with E-state index in [0.29, 0.717) is 29.6 Å². The molecule has 2 aromatic carbocycles. The molecule has 1 atom stereocenters. The third kappa shape index (κ3) is 3.44. The van der Waals surface area contributed by atoms with Crippen LogP contribution >= 0.6 is 11.6 Å². The maximum atomic E-state index is 12.4. The average Bonchev–Trinajstić information content (AvgIpc) is 3.16. The zero-order valence-corrected chi connectivity index (χ0v) is 14.8. The zero-order valence-electron chi connectivity index (χ0n) is 14.0. The van der Waals surface area contributed by atoms with E-state index in [2.05, 4.69) is 21.6 Å². The van der Waals surface area contributed by atoms with Crippen molar-refractivity contribution < 1.29 is 9.53 Å². The predicted octanol–water partition coefficient (Wildman–Crippen LogP) is 3.71. The molecule has 0 saturated carbocycles. The number of para-hydroxylation sites is 1. The Hall–Kier alpha value is -2.79. The topological polar surface area (TPSA) is 67.0 Å². The number of H-pyrrole nitrogens is 1. The molecule has 0 radical (unpaired) electrons. The maximum absolute atomic E-state index is 12.4. The molecule has 1 aliphatic rings. The molecule has 1 aliphatic heterocycles. The first-order chi connectivity index (χ1) is 12.7. The Morgan fingerprint density at radius 1 is 1.23 bits per heavy atom. The second kappa shape index (κ2) is 7.22. The molecule has 0 fully saturated rings. The van der Waals surface area contributed by atoms with Crippen molar-refractivity contribution in [3.63, 3.8) is 0 Å². The number of rotatable bonds is 4. The van der Waals surface area contributed by atoms with E-state index in [-0.39, 0.29) is 11.8 Å². The maximum Gasteiger partial charge on any atom is 0.269 e. The molecule has 6 heteroatoms. The van der Waals surface area contributed by atoms with E-state index >= 15 is 0 Å². The van der Waals surface area contributed by atoms with Crippen LogP contribution in [0.4, 0.5) is 0 Å². The number of amides is 1. The van der Waals surface area contributed by atoms with Crippen molar-refractivity contribution in [2.75, 3.05) is 13.2 Å². The molecular weight excluding hydrogens is 350 g/mol. The Morgan fingerprint density at radius 3 is 2.92 bits per heavy atom. The van der Waals surface area contributed by atoms with Crippen LogP contribution in [0.2, 0.25) is 5.02 Å². The number of hydrogen-bond donors (Lipinski definition) is 2. The highest BCUT2D eigenvalue weighted by Gasteiger charge is 2.21. The fourth-order valence-corrected chi connectivity index (χ4v) is 3.33. The van der Waals surface area contributed by atoms with Crippen molar-refractivity contribution in [3.8, 4) is 17.0 Å². The van der Waals surface area contributed by atoms with Gasteiger partial charge in [-0.2, -0.15) is 5.10 Å². The third-order valence-electron chi connectivity index (χ3n) is 4.48. The lowest BCUT2D eigenvalue weighted by Crippen LogP contribution is -2.34. The van der Waals surface area contributed by atoms with Gasteiger partial charge in [0, 0.05) is 18.0 Å². The van der Waals surface area contributed by atoms with Crippen LogP contribution in [0.5, 0.6) is 5.75 Å². The molecule has 1 aromatic heterocycles. The van der Waals surface area contributed by atoms with Crippen LogP contribution < -0.4 is 10.1 Å². The van der Waals surface area contributed by atoms with Gasteiger partial charge in [-0.15, -0.1) is 0 Å². The van der Waals surface area contributed by atoms with Crippen LogP contribution in [0.3, 0.4) is 0 Å². The molecule has 5 nitrogen and oxygen atoms in total. The van der Waals surface area contributed by atoms with E-state index < -0.39 is 0 Å². The number of halogens is 1. The van der Waals surface area contributed by atoms with E-state index in [1.165, 1.54) is 5.56 Å². The minimum atomic E-state index is -0.185. The Balaban J connectivity index is 1.38. The minimum absolute atomic E-state index is 0.185. The summed E-state index contributed by atoms with van der Waals surface area (Å²) in [6, 6.07) is 17.1. The van der Waals surface area contributed by atoms with E-state index in [1.807, 2.05) is 36.4 Å². The van der Waals surface area contributed by atoms with Crippen molar-refractivity contribution in [2.45, 2.75) is 6.42 Å². The Labute approximate surface area is 156 Å². The van der Waals surface area contributed by atoms with Gasteiger partial charge < -0.3 is 10.1 Å². The van der Waals surface area contributed by atoms with Crippen molar-refractivity contribution in [1.82, 2.24) is 15.5 Å². The highest BCUT2D eigenvalue weighted by molar-refractivity contribution is 6.33. The molecule has 132 valence electrons. The van der Waals surface area contributed by atoms with Gasteiger partial charge in [-0.05, 0) is 30.2 Å². The predicted molar refractivity (Wildman–Crippen MR) is 100 cm³/mol. The van der Waals surface area contributed by atoms with Gasteiger partial charge in [0.2, 0.25) is 0 Å². The highest BCUT2D eigenvalue weighted by atomic mass is 35.5. The number of nitrogens with one attached hydrogen (secondary N) is 2. The van der Waals surface area contributed by atoms with Crippen LogP contribution in [0, 0.1) is 5.92 Å². The molecule has 4 rings (SSSR count). The van der Waals surface area contributed by atoms with Gasteiger partial charge in [0.05, 0.1) is 17.3 Å². The number of aromatic nitrogens is 2. The van der Waals surface area contributed by atoms with E-state index in [4.69, 9.17) is 16.3 Å². The van der Waals surface area contributed by atoms with Gasteiger partial charge in [-0.25, -0.2) is 0 Å². The summed E-state index contributed by atoms with van der Waals surface area (Å²) in [6.07, 6.45) is 0.893. The molecule has 2 N–H and O–H groups in total. The summed E-state index contributed by atoms with van der Waals surface area (Å²) in [5.74, 6) is 1.00. The summed E-state index contributed by atoms with van der Waals surface area (Å²) in [5, 5.41) is 10.5. The quantitative estimate of drug-likeness (QED) is 0.738. The van der Waals surface area contributed by atoms with Crippen LogP contribution in [0.25, 0.3) is 11.3 Å². The summed E-state index contributed by atoms with van der Waals surface area (Å²) >= 11 is 6.18. The van der Waals surface area contributed by atoms with Gasteiger partial charge in [0.1, 0.15) is 11.4 Å². The first-order valence-electron chi connectivity index (χ1n) is 8.50. The fourth-order valence-electron chi connectivity index (χ4n) is 3.10. The van der Waals surface area contributed by atoms with Gasteiger partial charge in [0.15, 0.2) is 0 Å². The normalized spacial score (nSPS) is 15.8. The third-order valence-corrected chi connectivity index (χ3v) is 4.81. The van der Waals surface area contributed by atoms with E-state index in [9.17, 15) is 4.79 Å². The minimum Gasteiger partial charge on any atom is -0.493 e. The number of nitrogens with zero attached hydrogens (tertiary/aromatic N) is 1. The van der Waals surface area contributed by atoms with Crippen LogP contribution in [0.15, 0.2) is 54.6 Å². The molecule has 1 amide bonds. The standard InChI is InChI=1S/C20H18ClN3O2/c21-16-7-3-2-6-15(16)17-10-18(24-23-17)20(25)22-11-13-9-14-5-1-4-8-19(14)26-12-13/h1-8,10,13H,9,11-12H2,(H,22,25)(H,23,24). The summed E-state index contributed by atoms with van der Waals surface area (Å²) < 4.78 is 5.76. The van der Waals surface area contributed by atoms with E-state index in [1.54, 1.807) is 12.1 Å². The molecule has 2 heterocycles.